The Labute approximate surface area is 150 Å². The summed E-state index contributed by atoms with van der Waals surface area (Å²) in [5.74, 6) is 2.42. The van der Waals surface area contributed by atoms with Crippen LogP contribution in [0.25, 0.3) is 0 Å². The van der Waals surface area contributed by atoms with Crippen LogP contribution >= 0.6 is 0 Å². The molecule has 2 aliphatic heterocycles. The molecule has 2 aliphatic rings. The van der Waals surface area contributed by atoms with E-state index in [1.54, 1.807) is 6.92 Å². The molecule has 2 fully saturated rings. The van der Waals surface area contributed by atoms with Crippen molar-refractivity contribution in [2.24, 2.45) is 5.92 Å². The van der Waals surface area contributed by atoms with Gasteiger partial charge in [0.15, 0.2) is 5.82 Å². The average Bonchev–Trinajstić information content (AvgIpc) is 3.08. The van der Waals surface area contributed by atoms with Gasteiger partial charge in [0.05, 0.1) is 6.54 Å². The fourth-order valence-electron chi connectivity index (χ4n) is 3.85. The molecular weight excluding hydrogens is 318 g/mol. The summed E-state index contributed by atoms with van der Waals surface area (Å²) < 4.78 is 5.20. The highest BCUT2D eigenvalue weighted by Crippen LogP contribution is 2.18. The molecule has 2 saturated heterocycles. The molecule has 0 aliphatic carbocycles. The van der Waals surface area contributed by atoms with Crippen LogP contribution < -0.4 is 5.32 Å². The number of hydrogen-bond donors (Lipinski definition) is 1. The molecule has 7 nitrogen and oxygen atoms in total. The minimum atomic E-state index is 0.210. The van der Waals surface area contributed by atoms with Crippen molar-refractivity contribution in [3.8, 4) is 0 Å². The van der Waals surface area contributed by atoms with Crippen LogP contribution in [0.15, 0.2) is 4.52 Å². The number of amides is 1. The third kappa shape index (κ3) is 5.25. The monoisotopic (exact) mass is 349 g/mol. The van der Waals surface area contributed by atoms with Gasteiger partial charge in [-0.05, 0) is 44.7 Å². The Kier molecular flexibility index (Phi) is 6.42. The van der Waals surface area contributed by atoms with Gasteiger partial charge in [-0.2, -0.15) is 4.98 Å². The Hall–Kier alpha value is -1.47. The van der Waals surface area contributed by atoms with Crippen LogP contribution in [-0.4, -0.2) is 64.6 Å². The highest BCUT2D eigenvalue weighted by Gasteiger charge is 2.24. The van der Waals surface area contributed by atoms with Gasteiger partial charge in [-0.3, -0.25) is 9.69 Å². The highest BCUT2D eigenvalue weighted by molar-refractivity contribution is 5.73. The molecule has 1 amide bonds. The number of rotatable bonds is 6. The predicted molar refractivity (Wildman–Crippen MR) is 95.0 cm³/mol. The van der Waals surface area contributed by atoms with E-state index in [0.717, 1.165) is 70.2 Å². The second-order valence-corrected chi connectivity index (χ2v) is 7.39. The lowest BCUT2D eigenvalue weighted by Crippen LogP contribution is -2.48. The molecule has 1 atom stereocenters. The second-order valence-electron chi connectivity index (χ2n) is 7.39. The Balaban J connectivity index is 1.39. The van der Waals surface area contributed by atoms with Gasteiger partial charge in [0.25, 0.3) is 0 Å². The first-order valence-electron chi connectivity index (χ1n) is 9.66. The number of piperidine rings is 2. The lowest BCUT2D eigenvalue weighted by atomic mass is 9.95. The van der Waals surface area contributed by atoms with Crippen molar-refractivity contribution in [3.63, 3.8) is 0 Å². The van der Waals surface area contributed by atoms with Crippen molar-refractivity contribution >= 4 is 5.91 Å². The first-order chi connectivity index (χ1) is 12.1. The highest BCUT2D eigenvalue weighted by atomic mass is 16.5. The van der Waals surface area contributed by atoms with Crippen molar-refractivity contribution in [1.29, 1.82) is 0 Å². The summed E-state index contributed by atoms with van der Waals surface area (Å²) in [7, 11) is 0. The van der Waals surface area contributed by atoms with E-state index in [4.69, 9.17) is 4.52 Å². The van der Waals surface area contributed by atoms with E-state index in [2.05, 4.69) is 20.4 Å². The molecule has 140 valence electrons. The van der Waals surface area contributed by atoms with E-state index in [0.29, 0.717) is 12.0 Å². The van der Waals surface area contributed by atoms with Gasteiger partial charge in [0, 0.05) is 39.0 Å². The fraction of sp³-hybridized carbons (Fsp3) is 0.833. The molecule has 0 aromatic carbocycles. The van der Waals surface area contributed by atoms with Crippen LogP contribution in [0.2, 0.25) is 0 Å². The van der Waals surface area contributed by atoms with Crippen molar-refractivity contribution < 1.29 is 9.32 Å². The molecule has 0 bridgehead atoms. The Bertz CT molecular complexity index is 553. The minimum Gasteiger partial charge on any atom is -0.343 e. The average molecular weight is 349 g/mol. The fourth-order valence-corrected chi connectivity index (χ4v) is 3.85. The number of aromatic nitrogens is 2. The molecular formula is C18H31N5O2. The number of aryl methyl sites for hydroxylation is 1. The van der Waals surface area contributed by atoms with Gasteiger partial charge in [0.1, 0.15) is 0 Å². The van der Waals surface area contributed by atoms with Crippen LogP contribution in [0.1, 0.15) is 51.2 Å². The summed E-state index contributed by atoms with van der Waals surface area (Å²) in [6.45, 7) is 9.51. The molecule has 0 spiro atoms. The summed E-state index contributed by atoms with van der Waals surface area (Å²) in [5, 5.41) is 7.82. The molecule has 1 N–H and O–H groups in total. The standard InChI is InChI=1S/C18H31N5O2/c1-3-18-20-17(21-25-18)13-22-8-4-5-16(12-22)19-11-15-6-9-23(10-7-15)14(2)24/h15-16,19H,3-13H2,1-2H3/t16-/m0/s1. The predicted octanol–water partition coefficient (Wildman–Crippen LogP) is 1.44. The SMILES string of the molecule is CCc1nc(CN2CCC[C@H](NCC3CCN(C(C)=O)CC3)C2)no1. The molecule has 7 heteroatoms. The summed E-state index contributed by atoms with van der Waals surface area (Å²) >= 11 is 0. The molecule has 0 unspecified atom stereocenters. The van der Waals surface area contributed by atoms with E-state index in [1.165, 1.54) is 12.8 Å². The third-order valence-corrected chi connectivity index (χ3v) is 5.44. The summed E-state index contributed by atoms with van der Waals surface area (Å²) in [4.78, 5) is 20.2. The maximum absolute atomic E-state index is 11.4. The smallest absolute Gasteiger partial charge is 0.226 e. The van der Waals surface area contributed by atoms with Gasteiger partial charge in [-0.1, -0.05) is 12.1 Å². The first-order valence-corrected chi connectivity index (χ1v) is 9.66. The van der Waals surface area contributed by atoms with Crippen LogP contribution in [0.5, 0.6) is 0 Å². The van der Waals surface area contributed by atoms with E-state index >= 15 is 0 Å². The Morgan fingerprint density at radius 2 is 2.08 bits per heavy atom. The van der Waals surface area contributed by atoms with Gasteiger partial charge < -0.3 is 14.7 Å². The number of nitrogens with one attached hydrogen (secondary N) is 1. The third-order valence-electron chi connectivity index (χ3n) is 5.44. The van der Waals surface area contributed by atoms with Crippen LogP contribution in [0.4, 0.5) is 0 Å². The van der Waals surface area contributed by atoms with E-state index in [-0.39, 0.29) is 5.91 Å². The van der Waals surface area contributed by atoms with Gasteiger partial charge in [-0.25, -0.2) is 0 Å². The molecule has 25 heavy (non-hydrogen) atoms. The molecule has 1 aromatic heterocycles. The minimum absolute atomic E-state index is 0.210. The Morgan fingerprint density at radius 1 is 1.28 bits per heavy atom. The lowest BCUT2D eigenvalue weighted by molar-refractivity contribution is -0.130. The zero-order valence-corrected chi connectivity index (χ0v) is 15.5. The molecule has 1 aromatic rings. The summed E-state index contributed by atoms with van der Waals surface area (Å²) in [5.41, 5.74) is 0. The maximum Gasteiger partial charge on any atom is 0.226 e. The van der Waals surface area contributed by atoms with Gasteiger partial charge in [-0.15, -0.1) is 0 Å². The lowest BCUT2D eigenvalue weighted by Gasteiger charge is -2.35. The van der Waals surface area contributed by atoms with Crippen molar-refractivity contribution in [1.82, 2.24) is 25.3 Å². The van der Waals surface area contributed by atoms with Crippen molar-refractivity contribution in [3.05, 3.63) is 11.7 Å². The Morgan fingerprint density at radius 3 is 2.76 bits per heavy atom. The maximum atomic E-state index is 11.4. The van der Waals surface area contributed by atoms with Gasteiger partial charge >= 0.3 is 0 Å². The van der Waals surface area contributed by atoms with E-state index < -0.39 is 0 Å². The number of hydrogen-bond acceptors (Lipinski definition) is 6. The number of nitrogens with zero attached hydrogens (tertiary/aromatic N) is 4. The molecule has 3 heterocycles. The summed E-state index contributed by atoms with van der Waals surface area (Å²) in [6.07, 6.45) is 5.46. The van der Waals surface area contributed by atoms with Crippen LogP contribution in [0, 0.1) is 5.92 Å². The first kappa shape index (κ1) is 18.3. The summed E-state index contributed by atoms with van der Waals surface area (Å²) in [6, 6.07) is 0.539. The zero-order valence-electron chi connectivity index (χ0n) is 15.5. The largest absolute Gasteiger partial charge is 0.343 e. The molecule has 0 radical (unpaired) electrons. The topological polar surface area (TPSA) is 74.5 Å². The number of carbonyl (C=O) groups excluding carboxylic acids is 1. The quantitative estimate of drug-likeness (QED) is 0.838. The zero-order chi connectivity index (χ0) is 17.6. The number of likely N-dealkylation sites (tertiary alicyclic amines) is 2. The van der Waals surface area contributed by atoms with Crippen LogP contribution in [0.3, 0.4) is 0 Å². The van der Waals surface area contributed by atoms with Crippen molar-refractivity contribution in [2.45, 2.75) is 58.5 Å². The number of carbonyl (C=O) groups is 1. The second kappa shape index (κ2) is 8.76. The molecule has 3 rings (SSSR count). The van der Waals surface area contributed by atoms with E-state index in [9.17, 15) is 4.79 Å². The van der Waals surface area contributed by atoms with Crippen molar-refractivity contribution in [2.75, 3.05) is 32.7 Å². The van der Waals surface area contributed by atoms with E-state index in [1.807, 2.05) is 11.8 Å². The van der Waals surface area contributed by atoms with Crippen LogP contribution in [-0.2, 0) is 17.8 Å². The normalized spacial score (nSPS) is 23.1. The van der Waals surface area contributed by atoms with Gasteiger partial charge in [0.2, 0.25) is 11.8 Å². The molecule has 0 saturated carbocycles.